The summed E-state index contributed by atoms with van der Waals surface area (Å²) in [5.41, 5.74) is 3.43. The molecule has 4 heteroatoms. The van der Waals surface area contributed by atoms with E-state index in [0.29, 0.717) is 29.3 Å². The van der Waals surface area contributed by atoms with Crippen molar-refractivity contribution in [1.82, 2.24) is 4.57 Å². The van der Waals surface area contributed by atoms with Crippen molar-refractivity contribution in [1.29, 1.82) is 0 Å². The molecule has 0 amide bonds. The summed E-state index contributed by atoms with van der Waals surface area (Å²) < 4.78 is 7.39. The molecule has 20 heavy (non-hydrogen) atoms. The van der Waals surface area contributed by atoms with Gasteiger partial charge in [-0.15, -0.1) is 0 Å². The average Bonchev–Trinajstić information content (AvgIpc) is 2.65. The van der Waals surface area contributed by atoms with Gasteiger partial charge in [0.25, 0.3) is 0 Å². The van der Waals surface area contributed by atoms with Gasteiger partial charge in [-0.05, 0) is 30.7 Å². The van der Waals surface area contributed by atoms with Crippen molar-refractivity contribution in [2.24, 2.45) is 7.05 Å². The maximum atomic E-state index is 12.7. The zero-order valence-electron chi connectivity index (χ0n) is 11.7. The highest BCUT2D eigenvalue weighted by molar-refractivity contribution is 6.12. The normalized spacial score (nSPS) is 13.2. The monoisotopic (exact) mass is 269 g/mol. The van der Waals surface area contributed by atoms with Crippen LogP contribution in [0.1, 0.15) is 44.6 Å². The molecule has 0 fully saturated rings. The van der Waals surface area contributed by atoms with Crippen molar-refractivity contribution < 1.29 is 14.3 Å². The topological polar surface area (TPSA) is 48.3 Å². The molecule has 0 aliphatic carbocycles. The zero-order chi connectivity index (χ0) is 14.4. The molecule has 1 aliphatic rings. The van der Waals surface area contributed by atoms with Gasteiger partial charge in [-0.3, -0.25) is 9.59 Å². The molecule has 1 aliphatic heterocycles. The molecule has 102 valence electrons. The first-order valence-corrected chi connectivity index (χ1v) is 6.46. The lowest BCUT2D eigenvalue weighted by atomic mass is 10.0. The van der Waals surface area contributed by atoms with Gasteiger partial charge in [0.05, 0.1) is 17.0 Å². The Balaban J connectivity index is 2.21. The summed E-state index contributed by atoms with van der Waals surface area (Å²) in [4.78, 5) is 24.3. The van der Waals surface area contributed by atoms with Gasteiger partial charge >= 0.3 is 0 Å². The Morgan fingerprint density at radius 2 is 2.05 bits per heavy atom. The molecule has 0 radical (unpaired) electrons. The third-order valence-electron chi connectivity index (χ3n) is 3.65. The molecule has 1 aromatic heterocycles. The van der Waals surface area contributed by atoms with Crippen LogP contribution in [0.5, 0.6) is 5.75 Å². The maximum absolute atomic E-state index is 12.7. The minimum absolute atomic E-state index is 0.0579. The van der Waals surface area contributed by atoms with E-state index in [1.54, 1.807) is 23.7 Å². The SMILES string of the molecule is CC(=O)c1cc2c(n1C)C(=O)c1ccc(C)cc1OC2. The molecule has 2 aromatic rings. The van der Waals surface area contributed by atoms with Gasteiger partial charge < -0.3 is 9.30 Å². The predicted octanol–water partition coefficient (Wildman–Crippen LogP) is 2.66. The second kappa shape index (κ2) is 4.34. The molecule has 0 saturated heterocycles. The molecule has 1 aromatic carbocycles. The molecular formula is C16H15NO3. The summed E-state index contributed by atoms with van der Waals surface area (Å²) >= 11 is 0. The highest BCUT2D eigenvalue weighted by Crippen LogP contribution is 2.30. The number of Topliss-reactive ketones (excluding diaryl/α,β-unsaturated/α-hetero) is 1. The number of ether oxygens (including phenoxy) is 1. The van der Waals surface area contributed by atoms with Gasteiger partial charge in [0.2, 0.25) is 5.78 Å². The van der Waals surface area contributed by atoms with Crippen LogP contribution in [0.25, 0.3) is 0 Å². The standard InChI is InChI=1S/C16H15NO3/c1-9-4-5-12-14(6-9)20-8-11-7-13(10(2)18)17(3)15(11)16(12)19/h4-7H,8H2,1-3H3. The lowest BCUT2D eigenvalue weighted by Crippen LogP contribution is -2.11. The second-order valence-corrected chi connectivity index (χ2v) is 5.14. The number of aromatic nitrogens is 1. The van der Waals surface area contributed by atoms with Crippen molar-refractivity contribution in [3.8, 4) is 5.75 Å². The van der Waals surface area contributed by atoms with E-state index >= 15 is 0 Å². The largest absolute Gasteiger partial charge is 0.488 e. The van der Waals surface area contributed by atoms with E-state index in [4.69, 9.17) is 4.74 Å². The average molecular weight is 269 g/mol. The number of rotatable bonds is 1. The molecular weight excluding hydrogens is 254 g/mol. The first kappa shape index (κ1) is 12.7. The third kappa shape index (κ3) is 1.76. The second-order valence-electron chi connectivity index (χ2n) is 5.14. The van der Waals surface area contributed by atoms with Crippen molar-refractivity contribution in [2.75, 3.05) is 0 Å². The van der Waals surface area contributed by atoms with Gasteiger partial charge in [-0.25, -0.2) is 0 Å². The number of hydrogen-bond acceptors (Lipinski definition) is 3. The first-order chi connectivity index (χ1) is 9.49. The molecule has 0 unspecified atom stereocenters. The highest BCUT2D eigenvalue weighted by Gasteiger charge is 2.27. The number of ketones is 2. The van der Waals surface area contributed by atoms with Gasteiger partial charge in [-0.1, -0.05) is 6.07 Å². The summed E-state index contributed by atoms with van der Waals surface area (Å²) in [6.07, 6.45) is 0. The van der Waals surface area contributed by atoms with Gasteiger partial charge in [0.1, 0.15) is 12.4 Å². The Morgan fingerprint density at radius 3 is 2.75 bits per heavy atom. The van der Waals surface area contributed by atoms with E-state index in [1.807, 2.05) is 19.1 Å². The van der Waals surface area contributed by atoms with Gasteiger partial charge in [0.15, 0.2) is 5.78 Å². The zero-order valence-corrected chi connectivity index (χ0v) is 11.7. The van der Waals surface area contributed by atoms with E-state index in [0.717, 1.165) is 11.1 Å². The van der Waals surface area contributed by atoms with E-state index < -0.39 is 0 Å². The Hall–Kier alpha value is -2.36. The van der Waals surface area contributed by atoms with E-state index in [-0.39, 0.29) is 11.6 Å². The number of fused-ring (bicyclic) bond motifs is 2. The van der Waals surface area contributed by atoms with E-state index in [2.05, 4.69) is 0 Å². The Bertz CT molecular complexity index is 740. The maximum Gasteiger partial charge on any atom is 0.213 e. The molecule has 4 nitrogen and oxygen atoms in total. The number of nitrogens with zero attached hydrogens (tertiary/aromatic N) is 1. The van der Waals surface area contributed by atoms with Crippen LogP contribution in [0.3, 0.4) is 0 Å². The molecule has 0 saturated carbocycles. The summed E-state index contributed by atoms with van der Waals surface area (Å²) in [5.74, 6) is 0.454. The summed E-state index contributed by atoms with van der Waals surface area (Å²) in [5, 5.41) is 0. The smallest absolute Gasteiger partial charge is 0.213 e. The lowest BCUT2D eigenvalue weighted by molar-refractivity contribution is 0.100. The van der Waals surface area contributed by atoms with Crippen LogP contribution in [-0.4, -0.2) is 16.1 Å². The quantitative estimate of drug-likeness (QED) is 0.748. The van der Waals surface area contributed by atoms with Crippen LogP contribution in [0.2, 0.25) is 0 Å². The predicted molar refractivity (Wildman–Crippen MR) is 74.4 cm³/mol. The van der Waals surface area contributed by atoms with E-state index in [1.165, 1.54) is 6.92 Å². The number of carbonyl (C=O) groups is 2. The van der Waals surface area contributed by atoms with Crippen LogP contribution in [-0.2, 0) is 13.7 Å². The summed E-state index contributed by atoms with van der Waals surface area (Å²) in [6.45, 7) is 3.76. The third-order valence-corrected chi connectivity index (χ3v) is 3.65. The Morgan fingerprint density at radius 1 is 1.30 bits per heavy atom. The van der Waals surface area contributed by atoms with Crippen LogP contribution in [0.4, 0.5) is 0 Å². The van der Waals surface area contributed by atoms with Gasteiger partial charge in [-0.2, -0.15) is 0 Å². The fraction of sp³-hybridized carbons (Fsp3) is 0.250. The highest BCUT2D eigenvalue weighted by atomic mass is 16.5. The molecule has 2 heterocycles. The number of hydrogen-bond donors (Lipinski definition) is 0. The van der Waals surface area contributed by atoms with Gasteiger partial charge in [0, 0.05) is 19.5 Å². The fourth-order valence-electron chi connectivity index (χ4n) is 2.63. The molecule has 3 rings (SSSR count). The summed E-state index contributed by atoms with van der Waals surface area (Å²) in [6, 6.07) is 7.28. The Kier molecular flexibility index (Phi) is 2.74. The molecule has 0 bridgehead atoms. The van der Waals surface area contributed by atoms with Crippen LogP contribution in [0.15, 0.2) is 24.3 Å². The molecule has 0 N–H and O–H groups in total. The Labute approximate surface area is 117 Å². The number of benzene rings is 1. The van der Waals surface area contributed by atoms with Crippen molar-refractivity contribution in [3.63, 3.8) is 0 Å². The number of carbonyl (C=O) groups excluding carboxylic acids is 2. The lowest BCUT2D eigenvalue weighted by Gasteiger charge is -2.08. The number of aryl methyl sites for hydroxylation is 1. The van der Waals surface area contributed by atoms with Crippen molar-refractivity contribution in [3.05, 3.63) is 52.3 Å². The van der Waals surface area contributed by atoms with Crippen molar-refractivity contribution in [2.45, 2.75) is 20.5 Å². The first-order valence-electron chi connectivity index (χ1n) is 6.46. The summed E-state index contributed by atoms with van der Waals surface area (Å²) in [7, 11) is 1.74. The van der Waals surface area contributed by atoms with Crippen molar-refractivity contribution >= 4 is 11.6 Å². The van der Waals surface area contributed by atoms with Crippen LogP contribution < -0.4 is 4.74 Å². The van der Waals surface area contributed by atoms with Crippen LogP contribution in [0, 0.1) is 6.92 Å². The minimum atomic E-state index is -0.0949. The van der Waals surface area contributed by atoms with E-state index in [9.17, 15) is 9.59 Å². The van der Waals surface area contributed by atoms with Crippen LogP contribution >= 0.6 is 0 Å². The minimum Gasteiger partial charge on any atom is -0.488 e. The molecule has 0 spiro atoms. The molecule has 0 atom stereocenters. The fourth-order valence-corrected chi connectivity index (χ4v) is 2.63.